The van der Waals surface area contributed by atoms with E-state index in [0.717, 1.165) is 5.56 Å². The van der Waals surface area contributed by atoms with Gasteiger partial charge in [0.2, 0.25) is 0 Å². The number of amides is 3. The normalized spacial score (nSPS) is 22.4. The van der Waals surface area contributed by atoms with Crippen LogP contribution in [0.2, 0.25) is 0 Å². The first-order valence-corrected chi connectivity index (χ1v) is 13.0. The van der Waals surface area contributed by atoms with Gasteiger partial charge >= 0.3 is 6.03 Å². The number of hydrogen-bond acceptors (Lipinski definition) is 9. The molecule has 0 saturated carbocycles. The Bertz CT molecular complexity index is 1330. The molecule has 0 aromatic carbocycles. The molecule has 0 radical (unpaired) electrons. The third-order valence-corrected chi connectivity index (χ3v) is 7.49. The van der Waals surface area contributed by atoms with Gasteiger partial charge in [-0.3, -0.25) is 19.8 Å². The van der Waals surface area contributed by atoms with Crippen LogP contribution in [0.3, 0.4) is 0 Å². The number of fused-ring (bicyclic) bond motifs is 1. The number of carbonyl (C=O) groups is 3. The first-order valence-electron chi connectivity index (χ1n) is 13.0. The predicted molar refractivity (Wildman–Crippen MR) is 141 cm³/mol. The first kappa shape index (κ1) is 26.5. The van der Waals surface area contributed by atoms with E-state index in [-0.39, 0.29) is 35.9 Å². The summed E-state index contributed by atoms with van der Waals surface area (Å²) in [6, 6.07) is 5.25. The lowest BCUT2D eigenvalue weighted by Gasteiger charge is -2.29. The van der Waals surface area contributed by atoms with Crippen molar-refractivity contribution in [2.45, 2.75) is 44.9 Å². The lowest BCUT2D eigenvalue weighted by atomic mass is 10.0. The summed E-state index contributed by atoms with van der Waals surface area (Å²) in [6.45, 7) is 4.47. The summed E-state index contributed by atoms with van der Waals surface area (Å²) in [6.07, 6.45) is 3.62. The Hall–Kier alpha value is -4.08. The number of urea groups is 1. The number of nitriles is 1. The molecule has 3 aliphatic heterocycles. The molecule has 5 rings (SSSR count). The van der Waals surface area contributed by atoms with Crippen LogP contribution in [0, 0.1) is 17.2 Å². The van der Waals surface area contributed by atoms with Crippen LogP contribution in [0.25, 0.3) is 0 Å². The van der Waals surface area contributed by atoms with Gasteiger partial charge in [0.05, 0.1) is 30.5 Å². The number of carbonyl (C=O) groups excluding carboxylic acids is 3. The summed E-state index contributed by atoms with van der Waals surface area (Å²) in [7, 11) is 1.51. The van der Waals surface area contributed by atoms with Gasteiger partial charge in [0.15, 0.2) is 6.29 Å². The van der Waals surface area contributed by atoms with Gasteiger partial charge in [0.25, 0.3) is 5.91 Å². The Labute approximate surface area is 226 Å². The second kappa shape index (κ2) is 11.3. The van der Waals surface area contributed by atoms with Crippen LogP contribution in [-0.4, -0.2) is 78.7 Å². The van der Waals surface area contributed by atoms with Crippen molar-refractivity contribution in [2.24, 2.45) is 5.92 Å². The van der Waals surface area contributed by atoms with Crippen LogP contribution in [0.5, 0.6) is 0 Å². The van der Waals surface area contributed by atoms with E-state index in [1.165, 1.54) is 18.2 Å². The minimum atomic E-state index is -0.462. The van der Waals surface area contributed by atoms with E-state index >= 15 is 0 Å². The summed E-state index contributed by atoms with van der Waals surface area (Å²) in [5.74, 6) is 0.871. The second-order valence-electron chi connectivity index (χ2n) is 10.1. The molecule has 39 heavy (non-hydrogen) atoms. The quantitative estimate of drug-likeness (QED) is 0.511. The number of pyridine rings is 2. The molecule has 0 aliphatic carbocycles. The summed E-state index contributed by atoms with van der Waals surface area (Å²) < 4.78 is 10.7. The second-order valence-corrected chi connectivity index (χ2v) is 10.1. The van der Waals surface area contributed by atoms with Gasteiger partial charge in [-0.2, -0.15) is 5.26 Å². The summed E-state index contributed by atoms with van der Waals surface area (Å²) in [4.78, 5) is 49.8. The third-order valence-electron chi connectivity index (χ3n) is 7.49. The highest BCUT2D eigenvalue weighted by Gasteiger charge is 2.33. The van der Waals surface area contributed by atoms with Crippen LogP contribution in [-0.2, 0) is 27.2 Å². The van der Waals surface area contributed by atoms with Crippen LogP contribution in [0.15, 0.2) is 18.3 Å². The van der Waals surface area contributed by atoms with Crippen LogP contribution >= 0.6 is 0 Å². The number of aromatic nitrogens is 2. The molecule has 0 bridgehead atoms. The molecule has 12 heteroatoms. The Balaban J connectivity index is 1.35. The molecule has 3 aliphatic rings. The minimum Gasteiger partial charge on any atom is -0.379 e. The molecule has 2 N–H and O–H groups in total. The van der Waals surface area contributed by atoms with Crippen molar-refractivity contribution in [1.29, 1.82) is 5.26 Å². The molecular formula is C27H31N7O5. The van der Waals surface area contributed by atoms with Crippen molar-refractivity contribution in [3.63, 3.8) is 0 Å². The van der Waals surface area contributed by atoms with E-state index in [2.05, 4.69) is 33.6 Å². The number of rotatable bonds is 7. The summed E-state index contributed by atoms with van der Waals surface area (Å²) in [5.41, 5.74) is 2.61. The highest BCUT2D eigenvalue weighted by Crippen LogP contribution is 2.30. The number of likely N-dealkylation sites (tertiary alicyclic amines) is 1. The van der Waals surface area contributed by atoms with E-state index in [0.29, 0.717) is 74.5 Å². The largest absolute Gasteiger partial charge is 0.379 e. The molecule has 2 saturated heterocycles. The first-order chi connectivity index (χ1) is 18.9. The van der Waals surface area contributed by atoms with Gasteiger partial charge in [-0.1, -0.05) is 6.92 Å². The SMILES string of the molecule is CO[C@H]1CCN(Cc2cc3c(nc2C=O)N(C(=O)Nc2cc(N[C@@H]4COC[C@H]4C)c(C#N)cn2)CCC3)C1=O. The lowest BCUT2D eigenvalue weighted by Crippen LogP contribution is -2.40. The molecular weight excluding hydrogens is 502 g/mol. The number of anilines is 3. The van der Waals surface area contributed by atoms with Crippen molar-refractivity contribution in [1.82, 2.24) is 14.9 Å². The van der Waals surface area contributed by atoms with E-state index < -0.39 is 12.1 Å². The average molecular weight is 534 g/mol. The topological polar surface area (TPSA) is 150 Å². The molecule has 0 unspecified atom stereocenters. The third kappa shape index (κ3) is 5.41. The number of aryl methyl sites for hydroxylation is 1. The van der Waals surface area contributed by atoms with Crippen molar-refractivity contribution in [3.8, 4) is 6.07 Å². The minimum absolute atomic E-state index is 0.0495. The smallest absolute Gasteiger partial charge is 0.328 e. The fourth-order valence-corrected chi connectivity index (χ4v) is 5.23. The van der Waals surface area contributed by atoms with E-state index in [9.17, 15) is 19.6 Å². The van der Waals surface area contributed by atoms with Crippen molar-refractivity contribution < 1.29 is 23.9 Å². The zero-order valence-electron chi connectivity index (χ0n) is 22.0. The molecule has 0 spiro atoms. The number of nitrogens with one attached hydrogen (secondary N) is 2. The number of methoxy groups -OCH3 is 1. The van der Waals surface area contributed by atoms with Gasteiger partial charge in [0.1, 0.15) is 29.5 Å². The maximum Gasteiger partial charge on any atom is 0.328 e. The highest BCUT2D eigenvalue weighted by molar-refractivity contribution is 6.02. The molecule has 3 atom stereocenters. The standard InChI is InChI=1S/C27H31N7O5/c1-16-14-39-15-22(16)30-20-9-24(29-11-19(20)10-28)32-27(37)34-6-3-4-17-8-18(21(13-35)31-25(17)34)12-33-7-5-23(38-2)26(33)36/h8-9,11,13,16,22-23H,3-7,12,14-15H2,1-2H3,(H2,29,30,32,37)/t16-,22-,23+/m1/s1. The predicted octanol–water partition coefficient (Wildman–Crippen LogP) is 2.34. The maximum atomic E-state index is 13.3. The Morgan fingerprint density at radius 3 is 2.87 bits per heavy atom. The zero-order chi connectivity index (χ0) is 27.5. The number of aldehydes is 1. The van der Waals surface area contributed by atoms with Gasteiger partial charge in [0, 0.05) is 56.9 Å². The molecule has 2 aromatic heterocycles. The average Bonchev–Trinajstić information content (AvgIpc) is 3.51. The molecule has 3 amide bonds. The molecule has 204 valence electrons. The van der Waals surface area contributed by atoms with Gasteiger partial charge in [-0.25, -0.2) is 14.8 Å². The Morgan fingerprint density at radius 1 is 1.33 bits per heavy atom. The van der Waals surface area contributed by atoms with Crippen LogP contribution < -0.4 is 15.5 Å². The van der Waals surface area contributed by atoms with Gasteiger partial charge < -0.3 is 19.7 Å². The fourth-order valence-electron chi connectivity index (χ4n) is 5.23. The fraction of sp³-hybridized carbons (Fsp3) is 0.481. The van der Waals surface area contributed by atoms with Crippen LogP contribution in [0.4, 0.5) is 22.1 Å². The maximum absolute atomic E-state index is 13.3. The van der Waals surface area contributed by atoms with Crippen molar-refractivity contribution >= 4 is 35.5 Å². The molecule has 2 aromatic rings. The number of ether oxygens (including phenoxy) is 2. The van der Waals surface area contributed by atoms with Crippen molar-refractivity contribution in [2.75, 3.05) is 48.9 Å². The summed E-state index contributed by atoms with van der Waals surface area (Å²) in [5, 5.41) is 15.7. The Kier molecular flexibility index (Phi) is 7.72. The lowest BCUT2D eigenvalue weighted by molar-refractivity contribution is -0.136. The Morgan fingerprint density at radius 2 is 2.18 bits per heavy atom. The van der Waals surface area contributed by atoms with Gasteiger partial charge in [-0.05, 0) is 24.5 Å². The van der Waals surface area contributed by atoms with Crippen LogP contribution in [0.1, 0.15) is 46.9 Å². The van der Waals surface area contributed by atoms with Gasteiger partial charge in [-0.15, -0.1) is 0 Å². The number of nitrogens with zero attached hydrogens (tertiary/aromatic N) is 5. The van der Waals surface area contributed by atoms with E-state index in [4.69, 9.17) is 9.47 Å². The molecule has 5 heterocycles. The highest BCUT2D eigenvalue weighted by atomic mass is 16.5. The molecule has 12 nitrogen and oxygen atoms in total. The zero-order valence-corrected chi connectivity index (χ0v) is 22.0. The number of hydrogen-bond donors (Lipinski definition) is 2. The van der Waals surface area contributed by atoms with Crippen molar-refractivity contribution in [3.05, 3.63) is 40.7 Å². The molecule has 2 fully saturated rings. The van der Waals surface area contributed by atoms with E-state index in [1.807, 2.05) is 6.07 Å². The van der Waals surface area contributed by atoms with E-state index in [1.54, 1.807) is 11.0 Å². The monoisotopic (exact) mass is 533 g/mol. The summed E-state index contributed by atoms with van der Waals surface area (Å²) >= 11 is 0.